The van der Waals surface area contributed by atoms with Gasteiger partial charge in [-0.2, -0.15) is 4.68 Å². The van der Waals surface area contributed by atoms with Crippen LogP contribution in [0.25, 0.3) is 0 Å². The van der Waals surface area contributed by atoms with E-state index in [1.165, 1.54) is 6.20 Å². The fourth-order valence-electron chi connectivity index (χ4n) is 1.19. The molecule has 1 aromatic heterocycles. The molecule has 0 saturated carbocycles. The van der Waals surface area contributed by atoms with Crippen LogP contribution in [0.15, 0.2) is 6.20 Å². The summed E-state index contributed by atoms with van der Waals surface area (Å²) in [5, 5.41) is 13.2. The number of hydrogen-bond donors (Lipinski definition) is 1. The number of carbonyl (C=O) groups is 1. The Morgan fingerprint density at radius 1 is 1.50 bits per heavy atom. The summed E-state index contributed by atoms with van der Waals surface area (Å²) >= 11 is 0. The molecule has 1 heterocycles. The monoisotopic (exact) mass is 226 g/mol. The minimum atomic E-state index is -0.588. The maximum absolute atomic E-state index is 11.6. The fourth-order valence-corrected chi connectivity index (χ4v) is 1.19. The molecule has 1 rings (SSSR count). The van der Waals surface area contributed by atoms with Gasteiger partial charge in [-0.25, -0.2) is 4.79 Å². The van der Waals surface area contributed by atoms with Gasteiger partial charge in [-0.05, 0) is 26.7 Å². The normalized spacial score (nSPS) is 11.9. The minimum absolute atomic E-state index is 0.108. The number of aromatic nitrogens is 2. The number of hydrogen-bond acceptors (Lipinski definition) is 4. The summed E-state index contributed by atoms with van der Waals surface area (Å²) in [6, 6.07) is 0. The quantitative estimate of drug-likeness (QED) is 0.799. The third-order valence-corrected chi connectivity index (χ3v) is 1.92. The highest BCUT2D eigenvalue weighted by Gasteiger charge is 2.21. The van der Waals surface area contributed by atoms with Crippen molar-refractivity contribution < 1.29 is 14.6 Å². The van der Waals surface area contributed by atoms with Crippen LogP contribution in [-0.4, -0.2) is 26.6 Å². The summed E-state index contributed by atoms with van der Waals surface area (Å²) in [4.78, 5) is 11.6. The molecule has 0 spiro atoms. The van der Waals surface area contributed by atoms with Crippen LogP contribution in [0.1, 0.15) is 46.1 Å². The molecule has 0 aliphatic rings. The Morgan fingerprint density at radius 2 is 2.06 bits per heavy atom. The van der Waals surface area contributed by atoms with Crippen molar-refractivity contribution >= 4 is 6.09 Å². The van der Waals surface area contributed by atoms with Gasteiger partial charge in [0.1, 0.15) is 5.60 Å². The second kappa shape index (κ2) is 4.15. The van der Waals surface area contributed by atoms with E-state index in [1.807, 2.05) is 13.8 Å². The number of aromatic hydroxyl groups is 1. The number of ether oxygens (including phenoxy) is 1. The van der Waals surface area contributed by atoms with Gasteiger partial charge in [-0.3, -0.25) is 0 Å². The van der Waals surface area contributed by atoms with Crippen LogP contribution in [0.5, 0.6) is 5.88 Å². The Hall–Kier alpha value is -1.52. The van der Waals surface area contributed by atoms with Crippen LogP contribution < -0.4 is 0 Å². The lowest BCUT2D eigenvalue weighted by Gasteiger charge is -2.18. The zero-order valence-corrected chi connectivity index (χ0v) is 10.3. The van der Waals surface area contributed by atoms with Crippen LogP contribution in [-0.2, 0) is 4.74 Å². The van der Waals surface area contributed by atoms with Gasteiger partial charge in [0.2, 0.25) is 5.88 Å². The Labute approximate surface area is 95.0 Å². The molecular weight excluding hydrogens is 208 g/mol. The summed E-state index contributed by atoms with van der Waals surface area (Å²) in [5.41, 5.74) is 0.0577. The lowest BCUT2D eigenvalue weighted by Crippen LogP contribution is -2.27. The van der Waals surface area contributed by atoms with Crippen molar-refractivity contribution in [2.45, 2.75) is 46.1 Å². The predicted octanol–water partition coefficient (Wildman–Crippen LogP) is 2.50. The van der Waals surface area contributed by atoms with Gasteiger partial charge in [0.05, 0.1) is 0 Å². The predicted molar refractivity (Wildman–Crippen MR) is 59.6 cm³/mol. The molecule has 0 aliphatic carbocycles. The second-order valence-electron chi connectivity index (χ2n) is 4.99. The molecular formula is C11H18N2O3. The maximum atomic E-state index is 11.6. The van der Waals surface area contributed by atoms with E-state index in [1.54, 1.807) is 20.8 Å². The first-order valence-electron chi connectivity index (χ1n) is 5.22. The van der Waals surface area contributed by atoms with E-state index in [0.717, 1.165) is 4.68 Å². The molecule has 0 atom stereocenters. The van der Waals surface area contributed by atoms with Crippen LogP contribution >= 0.6 is 0 Å². The molecule has 5 nitrogen and oxygen atoms in total. The van der Waals surface area contributed by atoms with Gasteiger partial charge in [0.25, 0.3) is 0 Å². The third-order valence-electron chi connectivity index (χ3n) is 1.92. The van der Waals surface area contributed by atoms with E-state index in [2.05, 4.69) is 5.10 Å². The average Bonchev–Trinajstić information content (AvgIpc) is 2.44. The number of carbonyl (C=O) groups excluding carboxylic acids is 1. The average molecular weight is 226 g/mol. The standard InChI is InChI=1S/C11H18N2O3/c1-7(2)8-6-13(12-9(8)14)10(15)16-11(3,4)5/h6-7H,1-5H3,(H,12,14). The Bertz CT molecular complexity index is 388. The molecule has 0 amide bonds. The van der Waals surface area contributed by atoms with Gasteiger partial charge in [-0.1, -0.05) is 13.8 Å². The molecule has 0 aliphatic heterocycles. The van der Waals surface area contributed by atoms with Crippen LogP contribution in [0.2, 0.25) is 0 Å². The molecule has 0 unspecified atom stereocenters. The molecule has 1 N–H and O–H groups in total. The first kappa shape index (κ1) is 12.5. The first-order valence-corrected chi connectivity index (χ1v) is 5.22. The highest BCUT2D eigenvalue weighted by atomic mass is 16.6. The van der Waals surface area contributed by atoms with Crippen LogP contribution in [0.4, 0.5) is 4.79 Å². The third kappa shape index (κ3) is 2.98. The van der Waals surface area contributed by atoms with E-state index in [0.29, 0.717) is 5.56 Å². The summed E-state index contributed by atoms with van der Waals surface area (Å²) in [6.07, 6.45) is 0.906. The fraction of sp³-hybridized carbons (Fsp3) is 0.636. The lowest BCUT2D eigenvalue weighted by atomic mass is 10.1. The number of rotatable bonds is 1. The molecule has 0 fully saturated rings. The van der Waals surface area contributed by atoms with E-state index in [4.69, 9.17) is 4.74 Å². The SMILES string of the molecule is CC(C)c1cn(C(=O)OC(C)(C)C)nc1O. The van der Waals surface area contributed by atoms with Crippen molar-refractivity contribution in [1.29, 1.82) is 0 Å². The summed E-state index contributed by atoms with van der Waals surface area (Å²) in [5.74, 6) is -0.0166. The van der Waals surface area contributed by atoms with Gasteiger partial charge in [0.15, 0.2) is 0 Å². The second-order valence-corrected chi connectivity index (χ2v) is 4.99. The van der Waals surface area contributed by atoms with Crippen molar-refractivity contribution in [3.8, 4) is 5.88 Å². The summed E-state index contributed by atoms with van der Waals surface area (Å²) in [7, 11) is 0. The smallest absolute Gasteiger partial charge is 0.435 e. The molecule has 0 saturated heterocycles. The van der Waals surface area contributed by atoms with E-state index in [-0.39, 0.29) is 11.8 Å². The van der Waals surface area contributed by atoms with Crippen molar-refractivity contribution in [2.24, 2.45) is 0 Å². The Balaban J connectivity index is 2.90. The molecule has 90 valence electrons. The Morgan fingerprint density at radius 3 is 2.44 bits per heavy atom. The van der Waals surface area contributed by atoms with E-state index < -0.39 is 11.7 Å². The molecule has 0 aromatic carbocycles. The van der Waals surface area contributed by atoms with Crippen molar-refractivity contribution in [3.63, 3.8) is 0 Å². The zero-order chi connectivity index (χ0) is 12.5. The molecule has 0 radical (unpaired) electrons. The van der Waals surface area contributed by atoms with Gasteiger partial charge >= 0.3 is 6.09 Å². The summed E-state index contributed by atoms with van der Waals surface area (Å²) in [6.45, 7) is 9.15. The first-order chi connectivity index (χ1) is 7.20. The lowest BCUT2D eigenvalue weighted by molar-refractivity contribution is 0.0512. The van der Waals surface area contributed by atoms with Crippen LogP contribution in [0.3, 0.4) is 0 Å². The summed E-state index contributed by atoms with van der Waals surface area (Å²) < 4.78 is 6.15. The molecule has 16 heavy (non-hydrogen) atoms. The van der Waals surface area contributed by atoms with E-state index >= 15 is 0 Å². The topological polar surface area (TPSA) is 64.4 Å². The molecule has 0 bridgehead atoms. The molecule has 5 heteroatoms. The maximum Gasteiger partial charge on any atom is 0.435 e. The van der Waals surface area contributed by atoms with Gasteiger partial charge < -0.3 is 9.84 Å². The van der Waals surface area contributed by atoms with Crippen LogP contribution in [0, 0.1) is 0 Å². The number of nitrogens with zero attached hydrogens (tertiary/aromatic N) is 2. The van der Waals surface area contributed by atoms with E-state index in [9.17, 15) is 9.90 Å². The highest BCUT2D eigenvalue weighted by Crippen LogP contribution is 2.23. The highest BCUT2D eigenvalue weighted by molar-refractivity contribution is 5.70. The van der Waals surface area contributed by atoms with Gasteiger partial charge in [0, 0.05) is 11.8 Å². The van der Waals surface area contributed by atoms with Crippen molar-refractivity contribution in [2.75, 3.05) is 0 Å². The Kier molecular flexibility index (Phi) is 3.26. The van der Waals surface area contributed by atoms with Gasteiger partial charge in [-0.15, -0.1) is 5.10 Å². The van der Waals surface area contributed by atoms with Crippen molar-refractivity contribution in [1.82, 2.24) is 9.78 Å². The largest absolute Gasteiger partial charge is 0.492 e. The molecule has 1 aromatic rings. The van der Waals surface area contributed by atoms with Crippen molar-refractivity contribution in [3.05, 3.63) is 11.8 Å². The zero-order valence-electron chi connectivity index (χ0n) is 10.3. The minimum Gasteiger partial charge on any atom is -0.492 e.